The first-order chi connectivity index (χ1) is 11.0. The highest BCUT2D eigenvalue weighted by atomic mass is 32.2. The maximum atomic E-state index is 12.4. The molecule has 1 aliphatic carbocycles. The number of nitrogens with zero attached hydrogens (tertiary/aromatic N) is 1. The third-order valence-corrected chi connectivity index (χ3v) is 6.42. The first-order valence-corrected chi connectivity index (χ1v) is 9.40. The molecule has 2 rings (SSSR count). The van der Waals surface area contributed by atoms with Gasteiger partial charge in [-0.2, -0.15) is 17.4 Å². The molecule has 24 heavy (non-hydrogen) atoms. The fraction of sp³-hybridized carbons (Fsp3) is 0.917. The Bertz CT molecular complexity index is 570. The van der Waals surface area contributed by atoms with E-state index in [0.717, 1.165) is 4.31 Å². The Labute approximate surface area is 141 Å². The second-order valence-corrected chi connectivity index (χ2v) is 8.50. The van der Waals surface area contributed by atoms with Crippen molar-refractivity contribution in [2.75, 3.05) is 13.1 Å². The molecule has 2 atom stereocenters. The molecular formula is C12H25BN4O6S. The van der Waals surface area contributed by atoms with Gasteiger partial charge in [0.15, 0.2) is 0 Å². The molecule has 1 heterocycles. The minimum Gasteiger partial charge on any atom is -0.480 e. The van der Waals surface area contributed by atoms with Crippen molar-refractivity contribution < 1.29 is 28.4 Å². The quantitative estimate of drug-likeness (QED) is 0.251. The standard InChI is InChI=1S/C12H25BN4O6S/c14-9-4-10(5-9)16-24(22,23)17-6-8(2-1-3-13(20)21)12(15,7-17)11(18)19/h8-10,16,20-21H,1-7,14-15H2,(H,18,19)/t8-,9?,10?,12-/m1/s1. The van der Waals surface area contributed by atoms with Gasteiger partial charge in [-0.05, 0) is 25.6 Å². The van der Waals surface area contributed by atoms with Crippen molar-refractivity contribution in [1.29, 1.82) is 0 Å². The number of nitrogens with one attached hydrogen (secondary N) is 1. The van der Waals surface area contributed by atoms with Gasteiger partial charge in [0, 0.05) is 31.1 Å². The Morgan fingerprint density at radius 2 is 2.00 bits per heavy atom. The summed E-state index contributed by atoms with van der Waals surface area (Å²) < 4.78 is 28.4. The topological polar surface area (TPSA) is 179 Å². The number of hydrogen-bond donors (Lipinski definition) is 6. The molecule has 0 aromatic rings. The molecule has 1 saturated heterocycles. The first-order valence-electron chi connectivity index (χ1n) is 7.96. The molecule has 0 aromatic heterocycles. The van der Waals surface area contributed by atoms with Crippen LogP contribution >= 0.6 is 0 Å². The second kappa shape index (κ2) is 7.24. The summed E-state index contributed by atoms with van der Waals surface area (Å²) in [5.41, 5.74) is 9.92. The number of nitrogens with two attached hydrogens (primary N) is 2. The number of carbonyl (C=O) groups is 1. The van der Waals surface area contributed by atoms with Crippen molar-refractivity contribution >= 4 is 23.3 Å². The summed E-state index contributed by atoms with van der Waals surface area (Å²) in [5, 5.41) is 27.2. The molecule has 12 heteroatoms. The van der Waals surface area contributed by atoms with Gasteiger partial charge in [-0.15, -0.1) is 0 Å². The monoisotopic (exact) mass is 364 g/mol. The van der Waals surface area contributed by atoms with Crippen molar-refractivity contribution in [3.05, 3.63) is 0 Å². The summed E-state index contributed by atoms with van der Waals surface area (Å²) in [4.78, 5) is 11.6. The van der Waals surface area contributed by atoms with Crippen LogP contribution in [0.25, 0.3) is 0 Å². The molecule has 0 aromatic carbocycles. The van der Waals surface area contributed by atoms with Crippen LogP contribution in [0.3, 0.4) is 0 Å². The molecule has 0 bridgehead atoms. The van der Waals surface area contributed by atoms with Crippen LogP contribution in [0.1, 0.15) is 25.7 Å². The fourth-order valence-electron chi connectivity index (χ4n) is 3.26. The van der Waals surface area contributed by atoms with E-state index in [9.17, 15) is 18.3 Å². The van der Waals surface area contributed by atoms with E-state index < -0.39 is 34.8 Å². The molecule has 0 unspecified atom stereocenters. The van der Waals surface area contributed by atoms with E-state index in [-0.39, 0.29) is 31.5 Å². The predicted octanol–water partition coefficient (Wildman–Crippen LogP) is -2.72. The van der Waals surface area contributed by atoms with E-state index in [2.05, 4.69) is 4.72 Å². The summed E-state index contributed by atoms with van der Waals surface area (Å²) >= 11 is 0. The average Bonchev–Trinajstić information content (AvgIpc) is 2.76. The highest BCUT2D eigenvalue weighted by molar-refractivity contribution is 7.87. The zero-order valence-corrected chi connectivity index (χ0v) is 14.2. The number of aliphatic carboxylic acids is 1. The van der Waals surface area contributed by atoms with E-state index in [1.165, 1.54) is 0 Å². The first kappa shape index (κ1) is 19.6. The molecule has 1 aliphatic heterocycles. The van der Waals surface area contributed by atoms with Gasteiger partial charge in [-0.3, -0.25) is 4.79 Å². The second-order valence-electron chi connectivity index (χ2n) is 6.80. The van der Waals surface area contributed by atoms with Gasteiger partial charge in [-0.25, -0.2) is 0 Å². The maximum absolute atomic E-state index is 12.4. The Morgan fingerprint density at radius 1 is 1.38 bits per heavy atom. The van der Waals surface area contributed by atoms with Gasteiger partial charge in [0.1, 0.15) is 5.54 Å². The zero-order chi connectivity index (χ0) is 18.1. The fourth-order valence-corrected chi connectivity index (χ4v) is 4.78. The summed E-state index contributed by atoms with van der Waals surface area (Å²) in [5.74, 6) is -1.87. The highest BCUT2D eigenvalue weighted by Crippen LogP contribution is 2.32. The summed E-state index contributed by atoms with van der Waals surface area (Å²) in [7, 11) is -5.32. The van der Waals surface area contributed by atoms with E-state index in [4.69, 9.17) is 21.5 Å². The SMILES string of the molecule is NC1CC(NS(=O)(=O)N2C[C@@H](CCCB(O)O)[C@@](N)(C(=O)O)C2)C1. The minimum absolute atomic E-state index is 0.0124. The Hall–Kier alpha value is -0.755. The molecule has 2 fully saturated rings. The molecule has 8 N–H and O–H groups in total. The lowest BCUT2D eigenvalue weighted by Crippen LogP contribution is -2.56. The van der Waals surface area contributed by atoms with Gasteiger partial charge in [0.25, 0.3) is 10.2 Å². The predicted molar refractivity (Wildman–Crippen MR) is 86.9 cm³/mol. The van der Waals surface area contributed by atoms with E-state index >= 15 is 0 Å². The zero-order valence-electron chi connectivity index (χ0n) is 13.3. The van der Waals surface area contributed by atoms with Gasteiger partial charge in [-0.1, -0.05) is 6.42 Å². The van der Waals surface area contributed by atoms with Crippen LogP contribution in [0.5, 0.6) is 0 Å². The molecule has 0 spiro atoms. The van der Waals surface area contributed by atoms with E-state index in [1.807, 2.05) is 0 Å². The molecule has 0 radical (unpaired) electrons. The highest BCUT2D eigenvalue weighted by Gasteiger charge is 2.52. The Balaban J connectivity index is 2.03. The lowest BCUT2D eigenvalue weighted by Gasteiger charge is -2.34. The summed E-state index contributed by atoms with van der Waals surface area (Å²) in [6.07, 6.45) is 1.82. The molecule has 1 saturated carbocycles. The molecule has 10 nitrogen and oxygen atoms in total. The van der Waals surface area contributed by atoms with Crippen LogP contribution < -0.4 is 16.2 Å². The van der Waals surface area contributed by atoms with Crippen LogP contribution in [0.4, 0.5) is 0 Å². The van der Waals surface area contributed by atoms with Crippen molar-refractivity contribution in [3.63, 3.8) is 0 Å². The smallest absolute Gasteiger partial charge is 0.451 e. The number of carboxylic acids is 1. The van der Waals surface area contributed by atoms with Gasteiger partial charge < -0.3 is 26.6 Å². The lowest BCUT2D eigenvalue weighted by molar-refractivity contribution is -0.144. The Morgan fingerprint density at radius 3 is 2.50 bits per heavy atom. The molecule has 0 amide bonds. The van der Waals surface area contributed by atoms with Crippen LogP contribution in [0, 0.1) is 5.92 Å². The molecular weight excluding hydrogens is 339 g/mol. The largest absolute Gasteiger partial charge is 0.480 e. The van der Waals surface area contributed by atoms with Crippen molar-refractivity contribution in [3.8, 4) is 0 Å². The Kier molecular flexibility index (Phi) is 5.90. The maximum Gasteiger partial charge on any atom is 0.451 e. The number of hydrogen-bond acceptors (Lipinski definition) is 7. The number of carboxylic acid groups (broad SMARTS) is 1. The van der Waals surface area contributed by atoms with Crippen LogP contribution in [-0.2, 0) is 15.0 Å². The van der Waals surface area contributed by atoms with Crippen LogP contribution in [0.2, 0.25) is 6.32 Å². The molecule has 138 valence electrons. The summed E-state index contributed by atoms with van der Waals surface area (Å²) in [6, 6.07) is -0.243. The van der Waals surface area contributed by atoms with Crippen LogP contribution in [0.15, 0.2) is 0 Å². The van der Waals surface area contributed by atoms with Gasteiger partial charge >= 0.3 is 13.1 Å². The summed E-state index contributed by atoms with van der Waals surface area (Å²) in [6.45, 7) is -0.332. The van der Waals surface area contributed by atoms with Crippen molar-refractivity contribution in [2.45, 2.75) is 49.6 Å². The third kappa shape index (κ3) is 4.25. The average molecular weight is 364 g/mol. The van der Waals surface area contributed by atoms with Gasteiger partial charge in [0.2, 0.25) is 0 Å². The third-order valence-electron chi connectivity index (χ3n) is 4.83. The van der Waals surface area contributed by atoms with Gasteiger partial charge in [0.05, 0.1) is 0 Å². The van der Waals surface area contributed by atoms with Crippen molar-refractivity contribution in [1.82, 2.24) is 9.03 Å². The minimum atomic E-state index is -3.84. The van der Waals surface area contributed by atoms with Crippen LogP contribution in [-0.4, -0.2) is 71.7 Å². The van der Waals surface area contributed by atoms with Crippen molar-refractivity contribution in [2.24, 2.45) is 17.4 Å². The van der Waals surface area contributed by atoms with E-state index in [1.54, 1.807) is 0 Å². The number of rotatable bonds is 8. The lowest BCUT2D eigenvalue weighted by atomic mass is 9.78. The van der Waals surface area contributed by atoms with E-state index in [0.29, 0.717) is 25.7 Å². The normalized spacial score (nSPS) is 34.1. The molecule has 2 aliphatic rings.